The van der Waals surface area contributed by atoms with Crippen LogP contribution in [-0.2, 0) is 13.9 Å². The zero-order valence-corrected chi connectivity index (χ0v) is 13.5. The van der Waals surface area contributed by atoms with Gasteiger partial charge in [-0.05, 0) is 27.7 Å². The van der Waals surface area contributed by atoms with Crippen molar-refractivity contribution in [3.8, 4) is 18.4 Å². The average Bonchev–Trinajstić information content (AvgIpc) is 2.35. The fraction of sp³-hybridized carbons (Fsp3) is 0.714. The molecule has 0 rings (SSSR count). The Kier molecular flexibility index (Phi) is 8.42. The van der Waals surface area contributed by atoms with E-state index in [0.717, 1.165) is 0 Å². The van der Waals surface area contributed by atoms with Gasteiger partial charge in [-0.1, -0.05) is 0 Å². The van der Waals surface area contributed by atoms with Crippen LogP contribution in [0.4, 0.5) is 0 Å². The standard InChI is InChI=1S/C14H23N2O3P/c1-6-7-9-14(17)20(18,19-11-8-10-15)16(12(2)3)13(4)5/h1,12-13H,7-9,11H2,2-5H3. The van der Waals surface area contributed by atoms with Crippen molar-refractivity contribution >= 4 is 13.0 Å². The van der Waals surface area contributed by atoms with Crippen molar-refractivity contribution in [1.29, 1.82) is 5.26 Å². The van der Waals surface area contributed by atoms with E-state index in [1.165, 1.54) is 0 Å². The monoisotopic (exact) mass is 298 g/mol. The van der Waals surface area contributed by atoms with Gasteiger partial charge < -0.3 is 4.52 Å². The minimum absolute atomic E-state index is 0.0223. The first-order valence-electron chi connectivity index (χ1n) is 6.68. The van der Waals surface area contributed by atoms with Crippen molar-refractivity contribution in [3.05, 3.63) is 0 Å². The van der Waals surface area contributed by atoms with Crippen LogP contribution in [0.2, 0.25) is 0 Å². The van der Waals surface area contributed by atoms with Gasteiger partial charge in [0.25, 0.3) is 0 Å². The summed E-state index contributed by atoms with van der Waals surface area (Å²) in [5, 5.41) is 8.56. The minimum atomic E-state index is -3.64. The van der Waals surface area contributed by atoms with Gasteiger partial charge in [0.15, 0.2) is 0 Å². The molecular weight excluding hydrogens is 275 g/mol. The third-order valence-electron chi connectivity index (χ3n) is 2.64. The largest absolute Gasteiger partial charge is 0.337 e. The van der Waals surface area contributed by atoms with Gasteiger partial charge in [0, 0.05) is 24.9 Å². The van der Waals surface area contributed by atoms with Gasteiger partial charge in [0.1, 0.15) is 0 Å². The lowest BCUT2D eigenvalue weighted by Crippen LogP contribution is -2.37. The third-order valence-corrected chi connectivity index (χ3v) is 5.56. The van der Waals surface area contributed by atoms with E-state index < -0.39 is 13.0 Å². The number of hydrogen-bond donors (Lipinski definition) is 0. The molecule has 0 saturated carbocycles. The van der Waals surface area contributed by atoms with E-state index in [1.807, 2.05) is 33.8 Å². The first-order valence-corrected chi connectivity index (χ1v) is 8.26. The molecule has 0 amide bonds. The average molecular weight is 298 g/mol. The minimum Gasteiger partial charge on any atom is -0.311 e. The Morgan fingerprint density at radius 1 is 1.30 bits per heavy atom. The highest BCUT2D eigenvalue weighted by Crippen LogP contribution is 2.55. The Balaban J connectivity index is 5.33. The molecule has 0 aliphatic heterocycles. The van der Waals surface area contributed by atoms with Gasteiger partial charge in [-0.3, -0.25) is 9.36 Å². The molecule has 0 bridgehead atoms. The molecule has 6 heteroatoms. The Morgan fingerprint density at radius 3 is 2.25 bits per heavy atom. The summed E-state index contributed by atoms with van der Waals surface area (Å²) in [6.45, 7) is 7.40. The number of nitrogens with zero attached hydrogens (tertiary/aromatic N) is 2. The summed E-state index contributed by atoms with van der Waals surface area (Å²) in [6, 6.07) is 1.69. The number of hydrogen-bond acceptors (Lipinski definition) is 4. The van der Waals surface area contributed by atoms with Crippen LogP contribution < -0.4 is 0 Å². The van der Waals surface area contributed by atoms with E-state index in [2.05, 4.69) is 5.92 Å². The molecule has 20 heavy (non-hydrogen) atoms. The number of rotatable bonds is 9. The lowest BCUT2D eigenvalue weighted by molar-refractivity contribution is -0.113. The predicted molar refractivity (Wildman–Crippen MR) is 79.0 cm³/mol. The zero-order chi connectivity index (χ0) is 15.8. The highest BCUT2D eigenvalue weighted by Gasteiger charge is 2.42. The highest BCUT2D eigenvalue weighted by atomic mass is 31.2. The first-order chi connectivity index (χ1) is 9.31. The highest BCUT2D eigenvalue weighted by molar-refractivity contribution is 7.74. The summed E-state index contributed by atoms with van der Waals surface area (Å²) in [4.78, 5) is 12.3. The second-order valence-electron chi connectivity index (χ2n) is 4.93. The quantitative estimate of drug-likeness (QED) is 0.371. The molecule has 0 aliphatic carbocycles. The Labute approximate surface area is 121 Å². The van der Waals surface area contributed by atoms with Crippen LogP contribution in [0.3, 0.4) is 0 Å². The van der Waals surface area contributed by atoms with Crippen LogP contribution in [0.25, 0.3) is 0 Å². The van der Waals surface area contributed by atoms with Crippen LogP contribution in [0, 0.1) is 23.7 Å². The molecule has 0 fully saturated rings. The van der Waals surface area contributed by atoms with Crippen molar-refractivity contribution in [2.45, 2.75) is 59.0 Å². The maximum absolute atomic E-state index is 13.1. The van der Waals surface area contributed by atoms with Crippen LogP contribution >= 0.6 is 7.52 Å². The second kappa shape index (κ2) is 8.93. The summed E-state index contributed by atoms with van der Waals surface area (Å²) in [5.41, 5.74) is -0.476. The molecular formula is C14H23N2O3P. The summed E-state index contributed by atoms with van der Waals surface area (Å²) >= 11 is 0. The van der Waals surface area contributed by atoms with Crippen LogP contribution in [0.1, 0.15) is 47.0 Å². The molecule has 0 aliphatic rings. The van der Waals surface area contributed by atoms with Crippen LogP contribution in [-0.4, -0.2) is 28.9 Å². The van der Waals surface area contributed by atoms with Gasteiger partial charge in [-0.2, -0.15) is 5.26 Å². The summed E-state index contributed by atoms with van der Waals surface area (Å²) in [6.07, 6.45) is 5.50. The third kappa shape index (κ3) is 5.10. The van der Waals surface area contributed by atoms with E-state index >= 15 is 0 Å². The van der Waals surface area contributed by atoms with Crippen molar-refractivity contribution < 1.29 is 13.9 Å². The predicted octanol–water partition coefficient (Wildman–Crippen LogP) is 3.17. The topological polar surface area (TPSA) is 70.4 Å². The summed E-state index contributed by atoms with van der Waals surface area (Å²) in [7, 11) is -3.64. The molecule has 0 aromatic heterocycles. The zero-order valence-electron chi connectivity index (χ0n) is 12.6. The number of nitriles is 1. The molecule has 0 saturated heterocycles. The molecule has 1 atom stereocenters. The van der Waals surface area contributed by atoms with E-state index in [0.29, 0.717) is 0 Å². The van der Waals surface area contributed by atoms with Gasteiger partial charge in [0.2, 0.25) is 5.52 Å². The van der Waals surface area contributed by atoms with Gasteiger partial charge in [-0.25, -0.2) is 4.67 Å². The van der Waals surface area contributed by atoms with Crippen LogP contribution in [0.5, 0.6) is 0 Å². The van der Waals surface area contributed by atoms with E-state index in [4.69, 9.17) is 16.2 Å². The Hall–Kier alpha value is -1.13. The molecule has 0 heterocycles. The fourth-order valence-corrected chi connectivity index (χ4v) is 4.49. The number of carbonyl (C=O) groups is 1. The molecule has 0 aromatic carbocycles. The SMILES string of the molecule is C#CCCC(=O)P(=O)(OCCC#N)N(C(C)C)C(C)C. The molecule has 112 valence electrons. The van der Waals surface area contributed by atoms with Gasteiger partial charge in [-0.15, -0.1) is 12.3 Å². The van der Waals surface area contributed by atoms with E-state index in [1.54, 1.807) is 4.67 Å². The normalized spacial score (nSPS) is 14.1. The van der Waals surface area contributed by atoms with Crippen molar-refractivity contribution in [2.24, 2.45) is 0 Å². The van der Waals surface area contributed by atoms with Gasteiger partial charge >= 0.3 is 7.52 Å². The van der Waals surface area contributed by atoms with E-state index in [-0.39, 0.29) is 38.0 Å². The molecule has 0 spiro atoms. The molecule has 0 N–H and O–H groups in total. The lowest BCUT2D eigenvalue weighted by atomic mass is 10.3. The van der Waals surface area contributed by atoms with Crippen molar-refractivity contribution in [1.82, 2.24) is 4.67 Å². The number of carbonyl (C=O) groups excluding carboxylic acids is 1. The molecule has 0 radical (unpaired) electrons. The molecule has 1 unspecified atom stereocenters. The van der Waals surface area contributed by atoms with Crippen molar-refractivity contribution in [3.63, 3.8) is 0 Å². The Morgan fingerprint density at radius 2 is 1.85 bits per heavy atom. The summed E-state index contributed by atoms with van der Waals surface area (Å²) in [5.74, 6) is 2.37. The second-order valence-corrected chi connectivity index (χ2v) is 7.19. The maximum atomic E-state index is 13.1. The summed E-state index contributed by atoms with van der Waals surface area (Å²) < 4.78 is 20.0. The Bertz CT molecular complexity index is 438. The smallest absolute Gasteiger partial charge is 0.311 e. The number of terminal acetylenes is 1. The molecule has 5 nitrogen and oxygen atoms in total. The van der Waals surface area contributed by atoms with Crippen LogP contribution in [0.15, 0.2) is 0 Å². The van der Waals surface area contributed by atoms with Gasteiger partial charge in [0.05, 0.1) is 19.1 Å². The molecule has 0 aromatic rings. The lowest BCUT2D eigenvalue weighted by Gasteiger charge is -2.35. The fourth-order valence-electron chi connectivity index (χ4n) is 2.01. The maximum Gasteiger partial charge on any atom is 0.337 e. The van der Waals surface area contributed by atoms with E-state index in [9.17, 15) is 9.36 Å². The van der Waals surface area contributed by atoms with Crippen molar-refractivity contribution in [2.75, 3.05) is 6.61 Å². The first kappa shape index (κ1) is 18.9.